The first-order valence-corrected chi connectivity index (χ1v) is 8.63. The van der Waals surface area contributed by atoms with Crippen LogP contribution in [0.3, 0.4) is 0 Å². The van der Waals surface area contributed by atoms with E-state index in [1.165, 1.54) is 31.4 Å². The van der Waals surface area contributed by atoms with E-state index in [1.54, 1.807) is 24.3 Å². The summed E-state index contributed by atoms with van der Waals surface area (Å²) in [5.41, 5.74) is 1.67. The summed E-state index contributed by atoms with van der Waals surface area (Å²) in [6.07, 6.45) is 0.352. The number of nitrogens with one attached hydrogen (secondary N) is 1. The van der Waals surface area contributed by atoms with Crippen LogP contribution in [0.4, 0.5) is 0 Å². The van der Waals surface area contributed by atoms with E-state index in [0.29, 0.717) is 12.0 Å². The summed E-state index contributed by atoms with van der Waals surface area (Å²) in [7, 11) is -2.63. The predicted molar refractivity (Wildman–Crippen MR) is 88.1 cm³/mol. The van der Waals surface area contributed by atoms with Crippen molar-refractivity contribution in [1.29, 1.82) is 0 Å². The van der Waals surface area contributed by atoms with Gasteiger partial charge in [-0.25, -0.2) is 13.2 Å². The fourth-order valence-corrected chi connectivity index (χ4v) is 3.74. The number of methoxy groups -OCH3 is 1. The summed E-state index contributed by atoms with van der Waals surface area (Å²) in [5.74, 6) is -0.556. The van der Waals surface area contributed by atoms with Crippen molar-refractivity contribution >= 4 is 22.2 Å². The molecule has 2 aromatic rings. The van der Waals surface area contributed by atoms with Crippen LogP contribution in [-0.4, -0.2) is 27.9 Å². The molecule has 0 saturated heterocycles. The van der Waals surface area contributed by atoms with E-state index in [-0.39, 0.29) is 10.5 Å². The largest absolute Gasteiger partial charge is 0.465 e. The van der Waals surface area contributed by atoms with Crippen molar-refractivity contribution in [3.05, 3.63) is 65.2 Å². The molecule has 1 unspecified atom stereocenters. The molecular weight excluding hydrogens is 330 g/mol. The smallest absolute Gasteiger partial charge is 0.337 e. The van der Waals surface area contributed by atoms with E-state index in [9.17, 15) is 18.0 Å². The van der Waals surface area contributed by atoms with Crippen LogP contribution < -0.4 is 5.32 Å². The molecule has 0 heterocycles. The SMILES string of the molecule is COC(=O)c1ccc(S(=O)(=O)C(NC=O)c2ccc(C)cc2)cc1. The van der Waals surface area contributed by atoms with Gasteiger partial charge in [0.2, 0.25) is 16.2 Å². The maximum Gasteiger partial charge on any atom is 0.337 e. The molecule has 1 atom stereocenters. The quantitative estimate of drug-likeness (QED) is 0.638. The standard InChI is InChI=1S/C17H17NO5S/c1-12-3-5-13(6-4-12)16(18-11-19)24(21,22)15-9-7-14(8-10-15)17(20)23-2/h3-11,16H,1-2H3,(H,18,19). The molecule has 0 bridgehead atoms. The molecule has 0 radical (unpaired) electrons. The normalized spacial score (nSPS) is 12.2. The average Bonchev–Trinajstić information content (AvgIpc) is 2.60. The highest BCUT2D eigenvalue weighted by Crippen LogP contribution is 2.27. The van der Waals surface area contributed by atoms with E-state index in [0.717, 1.165) is 5.56 Å². The van der Waals surface area contributed by atoms with Crippen LogP contribution in [0.2, 0.25) is 0 Å². The Morgan fingerprint density at radius 2 is 1.67 bits per heavy atom. The van der Waals surface area contributed by atoms with Crippen LogP contribution in [0.5, 0.6) is 0 Å². The van der Waals surface area contributed by atoms with Crippen LogP contribution in [0, 0.1) is 6.92 Å². The lowest BCUT2D eigenvalue weighted by molar-refractivity contribution is -0.109. The van der Waals surface area contributed by atoms with E-state index in [4.69, 9.17) is 0 Å². The number of amides is 1. The van der Waals surface area contributed by atoms with E-state index in [1.807, 2.05) is 6.92 Å². The fourth-order valence-electron chi connectivity index (χ4n) is 2.20. The van der Waals surface area contributed by atoms with Crippen LogP contribution >= 0.6 is 0 Å². The second-order valence-corrected chi connectivity index (χ2v) is 7.17. The van der Waals surface area contributed by atoms with Crippen molar-refractivity contribution in [2.75, 3.05) is 7.11 Å². The van der Waals surface area contributed by atoms with Crippen LogP contribution in [0.25, 0.3) is 0 Å². The van der Waals surface area contributed by atoms with Gasteiger partial charge in [-0.1, -0.05) is 29.8 Å². The zero-order chi connectivity index (χ0) is 17.7. The molecule has 0 saturated carbocycles. The Labute approximate surface area is 140 Å². The lowest BCUT2D eigenvalue weighted by Gasteiger charge is -2.18. The monoisotopic (exact) mass is 347 g/mol. The van der Waals surface area contributed by atoms with Crippen LogP contribution in [-0.2, 0) is 19.4 Å². The van der Waals surface area contributed by atoms with Gasteiger partial charge in [0.1, 0.15) is 0 Å². The van der Waals surface area contributed by atoms with Gasteiger partial charge in [-0.3, -0.25) is 4.79 Å². The number of ether oxygens (including phenoxy) is 1. The van der Waals surface area contributed by atoms with Gasteiger partial charge < -0.3 is 10.1 Å². The zero-order valence-corrected chi connectivity index (χ0v) is 14.0. The first-order chi connectivity index (χ1) is 11.4. The predicted octanol–water partition coefficient (Wildman–Crippen LogP) is 2.00. The highest BCUT2D eigenvalue weighted by atomic mass is 32.2. The minimum absolute atomic E-state index is 0.00456. The van der Waals surface area contributed by atoms with E-state index in [2.05, 4.69) is 10.1 Å². The number of carbonyl (C=O) groups excluding carboxylic acids is 2. The Kier molecular flexibility index (Phi) is 5.35. The minimum atomic E-state index is -3.87. The van der Waals surface area contributed by atoms with Crippen molar-refractivity contribution in [2.45, 2.75) is 17.2 Å². The number of carbonyl (C=O) groups is 2. The summed E-state index contributed by atoms with van der Waals surface area (Å²) in [6.45, 7) is 1.88. The maximum absolute atomic E-state index is 12.8. The van der Waals surface area contributed by atoms with Gasteiger partial charge >= 0.3 is 5.97 Å². The van der Waals surface area contributed by atoms with Crippen LogP contribution in [0.15, 0.2) is 53.4 Å². The van der Waals surface area contributed by atoms with Gasteiger partial charge in [0.05, 0.1) is 17.6 Å². The second kappa shape index (κ2) is 7.27. The first-order valence-electron chi connectivity index (χ1n) is 7.08. The Morgan fingerprint density at radius 3 is 2.17 bits per heavy atom. The number of sulfone groups is 1. The van der Waals surface area contributed by atoms with E-state index >= 15 is 0 Å². The molecule has 126 valence electrons. The summed E-state index contributed by atoms with van der Waals surface area (Å²) in [5, 5.41) is 1.14. The van der Waals surface area contributed by atoms with Crippen molar-refractivity contribution in [2.24, 2.45) is 0 Å². The number of esters is 1. The number of rotatable bonds is 6. The Bertz CT molecular complexity index is 826. The Balaban J connectivity index is 2.42. The van der Waals surface area contributed by atoms with Gasteiger partial charge in [0.15, 0.2) is 5.37 Å². The summed E-state index contributed by atoms with van der Waals surface area (Å²) in [6, 6.07) is 12.2. The number of benzene rings is 2. The van der Waals surface area contributed by atoms with Gasteiger partial charge in [0.25, 0.3) is 0 Å². The first kappa shape index (κ1) is 17.7. The van der Waals surface area contributed by atoms with Crippen molar-refractivity contribution in [3.63, 3.8) is 0 Å². The zero-order valence-electron chi connectivity index (χ0n) is 13.2. The molecule has 0 spiro atoms. The molecule has 1 N–H and O–H groups in total. The molecule has 2 rings (SSSR count). The molecule has 0 aliphatic carbocycles. The topological polar surface area (TPSA) is 89.5 Å². The summed E-state index contributed by atoms with van der Waals surface area (Å²) in [4.78, 5) is 22.3. The van der Waals surface area contributed by atoms with Gasteiger partial charge in [0, 0.05) is 0 Å². The third-order valence-corrected chi connectivity index (χ3v) is 5.47. The third kappa shape index (κ3) is 3.62. The fraction of sp³-hybridized carbons (Fsp3) is 0.176. The highest BCUT2D eigenvalue weighted by Gasteiger charge is 2.28. The Morgan fingerprint density at radius 1 is 1.08 bits per heavy atom. The number of hydrogen-bond donors (Lipinski definition) is 1. The number of aryl methyl sites for hydroxylation is 1. The molecule has 0 aliphatic rings. The highest BCUT2D eigenvalue weighted by molar-refractivity contribution is 7.91. The summed E-state index contributed by atoms with van der Waals surface area (Å²) >= 11 is 0. The molecular formula is C17H17NO5S. The van der Waals surface area contributed by atoms with E-state index < -0.39 is 21.2 Å². The lowest BCUT2D eigenvalue weighted by atomic mass is 10.1. The van der Waals surface area contributed by atoms with Crippen LogP contribution in [0.1, 0.15) is 26.9 Å². The molecule has 7 heteroatoms. The molecule has 1 amide bonds. The lowest BCUT2D eigenvalue weighted by Crippen LogP contribution is -2.28. The van der Waals surface area contributed by atoms with Gasteiger partial charge in [-0.15, -0.1) is 0 Å². The average molecular weight is 347 g/mol. The molecule has 0 aliphatic heterocycles. The molecule has 24 heavy (non-hydrogen) atoms. The Hall–Kier alpha value is -2.67. The van der Waals surface area contributed by atoms with Crippen molar-refractivity contribution in [1.82, 2.24) is 5.32 Å². The molecule has 6 nitrogen and oxygen atoms in total. The summed E-state index contributed by atoms with van der Waals surface area (Å²) < 4.78 is 30.2. The number of hydrogen-bond acceptors (Lipinski definition) is 5. The maximum atomic E-state index is 12.8. The second-order valence-electron chi connectivity index (χ2n) is 5.14. The molecule has 2 aromatic carbocycles. The molecule has 0 aromatic heterocycles. The van der Waals surface area contributed by atoms with Gasteiger partial charge in [-0.2, -0.15) is 0 Å². The minimum Gasteiger partial charge on any atom is -0.465 e. The van der Waals surface area contributed by atoms with Gasteiger partial charge in [-0.05, 0) is 36.8 Å². The molecule has 0 fully saturated rings. The van der Waals surface area contributed by atoms with Crippen molar-refractivity contribution in [3.8, 4) is 0 Å². The third-order valence-electron chi connectivity index (χ3n) is 3.51. The van der Waals surface area contributed by atoms with Crippen molar-refractivity contribution < 1.29 is 22.7 Å².